The molecule has 0 amide bonds. The topological polar surface area (TPSA) is 93.7 Å². The second-order valence-corrected chi connectivity index (χ2v) is 7.69. The maximum absolute atomic E-state index is 8.52. The maximum atomic E-state index is 8.52. The van der Waals surface area contributed by atoms with Crippen molar-refractivity contribution in [3.63, 3.8) is 0 Å². The highest BCUT2D eigenvalue weighted by Crippen LogP contribution is 2.50. The summed E-state index contributed by atoms with van der Waals surface area (Å²) < 4.78 is 27.3. The van der Waals surface area contributed by atoms with Gasteiger partial charge in [0.2, 0.25) is 0 Å². The van der Waals surface area contributed by atoms with Crippen molar-refractivity contribution in [2.45, 2.75) is 38.6 Å². The summed E-state index contributed by atoms with van der Waals surface area (Å²) in [4.78, 5) is 0. The van der Waals surface area contributed by atoms with Gasteiger partial charge in [-0.25, -0.2) is 0 Å². The summed E-state index contributed by atoms with van der Waals surface area (Å²) in [5.74, 6) is -0.639. The molecule has 0 bridgehead atoms. The number of rotatable bonds is 9. The normalized spacial score (nSPS) is 20.9. The lowest BCUT2D eigenvalue weighted by atomic mass is 10.4. The summed E-state index contributed by atoms with van der Waals surface area (Å²) >= 11 is 5.25. The smallest absolute Gasteiger partial charge is 0.327 e. The van der Waals surface area contributed by atoms with Crippen molar-refractivity contribution in [2.75, 3.05) is 26.4 Å². The van der Waals surface area contributed by atoms with Crippen molar-refractivity contribution in [2.24, 2.45) is 0 Å². The molecule has 9 heteroatoms. The van der Waals surface area contributed by atoms with Crippen molar-refractivity contribution in [1.82, 2.24) is 0 Å². The molecule has 0 aromatic rings. The van der Waals surface area contributed by atoms with E-state index in [0.717, 1.165) is 0 Å². The molecule has 0 N–H and O–H groups in total. The van der Waals surface area contributed by atoms with Crippen LogP contribution in [-0.4, -0.2) is 38.3 Å². The zero-order chi connectivity index (χ0) is 15.8. The molecule has 1 atom stereocenters. The van der Waals surface area contributed by atoms with Crippen LogP contribution in [0.3, 0.4) is 0 Å². The van der Waals surface area contributed by atoms with Gasteiger partial charge < -0.3 is 23.0 Å². The van der Waals surface area contributed by atoms with Crippen molar-refractivity contribution in [1.29, 1.82) is 10.5 Å². The molecule has 0 aromatic carbocycles. The third-order valence-corrected chi connectivity index (χ3v) is 4.82. The van der Waals surface area contributed by atoms with Gasteiger partial charge in [-0.05, 0) is 25.7 Å². The van der Waals surface area contributed by atoms with Crippen LogP contribution in [0.1, 0.15) is 26.7 Å². The van der Waals surface area contributed by atoms with Gasteiger partial charge in [-0.1, -0.05) is 0 Å². The highest BCUT2D eigenvalue weighted by molar-refractivity contribution is 8.07. The molecule has 1 aliphatic heterocycles. The second-order valence-electron chi connectivity index (χ2n) is 4.68. The Morgan fingerprint density at radius 2 is 1.76 bits per heavy atom. The number of nitriles is 2. The minimum atomic E-state index is -2.98. The largest absolute Gasteiger partial charge is 0.348 e. The molecule has 0 aromatic heterocycles. The third kappa shape index (κ3) is 7.30. The molecule has 118 valence electrons. The molecule has 7 nitrogen and oxygen atoms in total. The molecule has 1 fully saturated rings. The van der Waals surface area contributed by atoms with E-state index >= 15 is 0 Å². The monoisotopic (exact) mass is 334 g/mol. The molecule has 1 saturated heterocycles. The first kappa shape index (κ1) is 18.5. The summed E-state index contributed by atoms with van der Waals surface area (Å²) in [5.41, 5.74) is 0. The fourth-order valence-electron chi connectivity index (χ4n) is 1.54. The summed E-state index contributed by atoms with van der Waals surface area (Å²) in [7, 11) is 0. The Hall–Kier alpha value is -0.570. The number of hydrogen-bond donors (Lipinski definition) is 0. The first-order chi connectivity index (χ1) is 9.91. The van der Waals surface area contributed by atoms with E-state index < -0.39 is 12.5 Å². The van der Waals surface area contributed by atoms with Crippen LogP contribution < -0.4 is 0 Å². The Kier molecular flexibility index (Phi) is 7.72. The van der Waals surface area contributed by atoms with E-state index in [-0.39, 0.29) is 38.8 Å². The molecule has 0 aliphatic carbocycles. The lowest BCUT2D eigenvalue weighted by Crippen LogP contribution is -2.24. The molecule has 21 heavy (non-hydrogen) atoms. The Balaban J connectivity index is 2.46. The minimum Gasteiger partial charge on any atom is -0.348 e. The van der Waals surface area contributed by atoms with Crippen LogP contribution in [0.4, 0.5) is 0 Å². The van der Waals surface area contributed by atoms with Crippen molar-refractivity contribution >= 4 is 18.5 Å². The Labute approximate surface area is 129 Å². The fourth-order valence-corrected chi connectivity index (χ4v) is 3.37. The van der Waals surface area contributed by atoms with E-state index in [0.29, 0.717) is 6.61 Å². The van der Waals surface area contributed by atoms with Gasteiger partial charge in [0, 0.05) is 0 Å². The number of nitrogens with zero attached hydrogens (tertiary/aromatic N) is 2. The molecule has 0 radical (unpaired) electrons. The molecule has 0 spiro atoms. The Bertz CT molecular complexity index is 436. The molecule has 1 aliphatic rings. The minimum absolute atomic E-state index is 0.133. The maximum Gasteiger partial charge on any atom is 0.327 e. The molecule has 1 rings (SSSR count). The van der Waals surface area contributed by atoms with Crippen LogP contribution in [0.5, 0.6) is 0 Å². The van der Waals surface area contributed by atoms with Gasteiger partial charge in [0.25, 0.3) is 0 Å². The van der Waals surface area contributed by atoms with Crippen molar-refractivity contribution < 1.29 is 23.0 Å². The number of ether oxygens (including phenoxy) is 2. The van der Waals surface area contributed by atoms with Crippen molar-refractivity contribution in [3.05, 3.63) is 0 Å². The van der Waals surface area contributed by atoms with Gasteiger partial charge in [0.05, 0.1) is 51.4 Å². The van der Waals surface area contributed by atoms with Crippen LogP contribution >= 0.6 is 6.72 Å². The van der Waals surface area contributed by atoms with Crippen LogP contribution in [0.25, 0.3) is 0 Å². The lowest BCUT2D eigenvalue weighted by Gasteiger charge is -2.23. The quantitative estimate of drug-likeness (QED) is 0.468. The zero-order valence-corrected chi connectivity index (χ0v) is 13.8. The van der Waals surface area contributed by atoms with E-state index in [1.807, 2.05) is 26.0 Å². The first-order valence-electron chi connectivity index (χ1n) is 6.50. The third-order valence-electron chi connectivity index (χ3n) is 2.41. The van der Waals surface area contributed by atoms with Crippen LogP contribution in [0, 0.1) is 22.7 Å². The van der Waals surface area contributed by atoms with Gasteiger partial charge in [0.15, 0.2) is 5.79 Å². The van der Waals surface area contributed by atoms with Gasteiger partial charge >= 0.3 is 6.72 Å². The summed E-state index contributed by atoms with van der Waals surface area (Å²) in [5, 5.41) is 17.0. The van der Waals surface area contributed by atoms with Crippen LogP contribution in [0.2, 0.25) is 0 Å². The van der Waals surface area contributed by atoms with E-state index in [2.05, 4.69) is 0 Å². The second kappa shape index (κ2) is 8.77. The standard InChI is InChI=1S/C12H19N2O5PS/c1-12(2)15-9-11(19-12)10-18-20(21,16-7-3-5-13)17-8-4-6-14/h11H,3-4,7-10H2,1-2H3/t11-/m0/s1. The van der Waals surface area contributed by atoms with Crippen molar-refractivity contribution in [3.8, 4) is 12.1 Å². The molecular weight excluding hydrogens is 315 g/mol. The Morgan fingerprint density at radius 1 is 1.19 bits per heavy atom. The summed E-state index contributed by atoms with van der Waals surface area (Å²) in [6.45, 7) is 1.50. The van der Waals surface area contributed by atoms with Crippen LogP contribution in [-0.2, 0) is 34.9 Å². The molecular formula is C12H19N2O5PS. The van der Waals surface area contributed by atoms with Gasteiger partial charge in [-0.3, -0.25) is 0 Å². The first-order valence-corrected chi connectivity index (χ1v) is 9.06. The highest BCUT2D eigenvalue weighted by Gasteiger charge is 2.34. The van der Waals surface area contributed by atoms with E-state index in [1.54, 1.807) is 0 Å². The lowest BCUT2D eigenvalue weighted by molar-refractivity contribution is -0.141. The van der Waals surface area contributed by atoms with E-state index in [1.165, 1.54) is 0 Å². The average Bonchev–Trinajstić information content (AvgIpc) is 2.77. The molecule has 0 unspecified atom stereocenters. The predicted octanol–water partition coefficient (Wildman–Crippen LogP) is 2.24. The Morgan fingerprint density at radius 3 is 2.19 bits per heavy atom. The summed E-state index contributed by atoms with van der Waals surface area (Å²) in [6, 6.07) is 3.91. The summed E-state index contributed by atoms with van der Waals surface area (Å²) in [6.07, 6.45) is 0.139. The predicted molar refractivity (Wildman–Crippen MR) is 77.5 cm³/mol. The fraction of sp³-hybridized carbons (Fsp3) is 0.833. The molecule has 0 saturated carbocycles. The van der Waals surface area contributed by atoms with E-state index in [9.17, 15) is 0 Å². The number of hydrogen-bond acceptors (Lipinski definition) is 8. The molecule has 1 heterocycles. The van der Waals surface area contributed by atoms with Crippen LogP contribution in [0.15, 0.2) is 0 Å². The van der Waals surface area contributed by atoms with Gasteiger partial charge in [0.1, 0.15) is 6.10 Å². The highest BCUT2D eigenvalue weighted by atomic mass is 32.5. The van der Waals surface area contributed by atoms with Gasteiger partial charge in [-0.2, -0.15) is 10.5 Å². The zero-order valence-electron chi connectivity index (χ0n) is 12.1. The van der Waals surface area contributed by atoms with Gasteiger partial charge in [-0.15, -0.1) is 0 Å². The average molecular weight is 334 g/mol. The SMILES string of the molecule is CC1(C)OC[C@@H](COP(=S)(OCCC#N)OCCC#N)O1. The van der Waals surface area contributed by atoms with E-state index in [4.69, 9.17) is 45.4 Å².